The molecule has 2 N–H and O–H groups in total. The maximum atomic E-state index is 12.0. The molecule has 3 rings (SSSR count). The highest BCUT2D eigenvalue weighted by Gasteiger charge is 2.58. The van der Waals surface area contributed by atoms with Gasteiger partial charge in [-0.25, -0.2) is 10.4 Å². The fourth-order valence-electron chi connectivity index (χ4n) is 4.09. The van der Waals surface area contributed by atoms with Crippen LogP contribution in [0.1, 0.15) is 31.9 Å². The molecule has 0 aromatic heterocycles. The van der Waals surface area contributed by atoms with Gasteiger partial charge in [0.25, 0.3) is 0 Å². The Morgan fingerprint density at radius 3 is 2.08 bits per heavy atom. The van der Waals surface area contributed by atoms with Crippen molar-refractivity contribution in [3.63, 3.8) is 0 Å². The molecule has 3 atom stereocenters. The lowest BCUT2D eigenvalue weighted by molar-refractivity contribution is -0.122. The predicted octanol–water partition coefficient (Wildman–Crippen LogP) is 2.81. The van der Waals surface area contributed by atoms with Crippen LogP contribution in [0.2, 0.25) is 0 Å². The largest absolute Gasteiger partial charge is 0.358 e. The summed E-state index contributed by atoms with van der Waals surface area (Å²) in [4.78, 5) is 12.0. The average Bonchev–Trinajstić information content (AvgIpc) is 2.85. The summed E-state index contributed by atoms with van der Waals surface area (Å²) in [5.74, 6) is 0.00655. The van der Waals surface area contributed by atoms with Gasteiger partial charge in [-0.3, -0.25) is 4.79 Å². The number of nitrogens with one attached hydrogen (secondary N) is 2. The smallest absolute Gasteiger partial charge is 0.235 e. The molecule has 1 fully saturated rings. The number of hydrogen-bond donors (Lipinski definition) is 2. The van der Waals surface area contributed by atoms with E-state index >= 15 is 0 Å². The molecule has 4 heteroatoms. The van der Waals surface area contributed by atoms with E-state index < -0.39 is 0 Å². The minimum Gasteiger partial charge on any atom is -0.358 e. The number of carbonyl (C=O) groups is 1. The van der Waals surface area contributed by atoms with E-state index in [1.807, 2.05) is 12.1 Å². The molecule has 1 amide bonds. The van der Waals surface area contributed by atoms with Gasteiger partial charge in [0.15, 0.2) is 0 Å². The van der Waals surface area contributed by atoms with Gasteiger partial charge < -0.3 is 5.32 Å². The fraction of sp³-hybridized carbons (Fsp3) is 0.381. The molecule has 132 valence electrons. The lowest BCUT2D eigenvalue weighted by Crippen LogP contribution is -2.50. The Hall–Kier alpha value is -2.17. The molecule has 25 heavy (non-hydrogen) atoms. The second-order valence-corrected chi connectivity index (χ2v) is 7.15. The van der Waals surface area contributed by atoms with Crippen molar-refractivity contribution in [1.82, 2.24) is 15.8 Å². The zero-order chi connectivity index (χ0) is 18.1. The summed E-state index contributed by atoms with van der Waals surface area (Å²) in [6.07, 6.45) is 0. The Kier molecular flexibility index (Phi) is 4.67. The highest BCUT2D eigenvalue weighted by molar-refractivity contribution is 5.77. The first kappa shape index (κ1) is 17.6. The number of hydrazine groups is 1. The number of hydrogen-bond acceptors (Lipinski definition) is 3. The summed E-state index contributed by atoms with van der Waals surface area (Å²) < 4.78 is 0. The van der Waals surface area contributed by atoms with Crippen LogP contribution >= 0.6 is 0 Å². The van der Waals surface area contributed by atoms with Crippen LogP contribution in [0.15, 0.2) is 60.7 Å². The molecule has 2 aromatic carbocycles. The SMILES string of the molecule is CNC(=O)CN1NC(C)(c2ccccc2)C(C)(c2ccccc2)C1C. The predicted molar refractivity (Wildman–Crippen MR) is 101 cm³/mol. The van der Waals surface area contributed by atoms with Crippen molar-refractivity contribution in [2.24, 2.45) is 0 Å². The zero-order valence-corrected chi connectivity index (χ0v) is 15.4. The van der Waals surface area contributed by atoms with Crippen molar-refractivity contribution >= 4 is 5.91 Å². The number of likely N-dealkylation sites (N-methyl/N-ethyl adjacent to an activating group) is 1. The van der Waals surface area contributed by atoms with Crippen LogP contribution in [-0.4, -0.2) is 30.6 Å². The molecule has 1 heterocycles. The van der Waals surface area contributed by atoms with Crippen molar-refractivity contribution in [2.75, 3.05) is 13.6 Å². The normalized spacial score (nSPS) is 29.5. The summed E-state index contributed by atoms with van der Waals surface area (Å²) in [5, 5.41) is 4.79. The first-order valence-electron chi connectivity index (χ1n) is 8.79. The molecule has 2 aromatic rings. The van der Waals surface area contributed by atoms with Crippen LogP contribution < -0.4 is 10.7 Å². The average molecular weight is 337 g/mol. The van der Waals surface area contributed by atoms with Gasteiger partial charge in [-0.05, 0) is 25.0 Å². The number of nitrogens with zero attached hydrogens (tertiary/aromatic N) is 1. The van der Waals surface area contributed by atoms with Gasteiger partial charge >= 0.3 is 0 Å². The first-order chi connectivity index (χ1) is 11.9. The third-order valence-corrected chi connectivity index (χ3v) is 6.03. The molecule has 0 saturated carbocycles. The van der Waals surface area contributed by atoms with Crippen LogP contribution in [0, 0.1) is 0 Å². The van der Waals surface area contributed by atoms with Crippen molar-refractivity contribution in [3.8, 4) is 0 Å². The van der Waals surface area contributed by atoms with Crippen LogP contribution in [-0.2, 0) is 15.7 Å². The van der Waals surface area contributed by atoms with Gasteiger partial charge in [-0.2, -0.15) is 0 Å². The number of amides is 1. The maximum Gasteiger partial charge on any atom is 0.235 e. The van der Waals surface area contributed by atoms with Gasteiger partial charge in [0.2, 0.25) is 5.91 Å². The molecule has 1 aliphatic rings. The molecule has 1 saturated heterocycles. The number of benzene rings is 2. The fourth-order valence-corrected chi connectivity index (χ4v) is 4.09. The summed E-state index contributed by atoms with van der Waals surface area (Å²) in [7, 11) is 1.68. The molecule has 0 spiro atoms. The van der Waals surface area contributed by atoms with E-state index in [4.69, 9.17) is 0 Å². The first-order valence-corrected chi connectivity index (χ1v) is 8.79. The van der Waals surface area contributed by atoms with Gasteiger partial charge in [0.05, 0.1) is 12.1 Å². The highest BCUT2D eigenvalue weighted by atomic mass is 16.2. The topological polar surface area (TPSA) is 44.4 Å². The summed E-state index contributed by atoms with van der Waals surface area (Å²) >= 11 is 0. The molecule has 1 aliphatic heterocycles. The van der Waals surface area contributed by atoms with Gasteiger partial charge in [-0.15, -0.1) is 0 Å². The van der Waals surface area contributed by atoms with E-state index in [1.54, 1.807) is 7.05 Å². The van der Waals surface area contributed by atoms with E-state index in [2.05, 4.69) is 85.1 Å². The van der Waals surface area contributed by atoms with Crippen molar-refractivity contribution < 1.29 is 4.79 Å². The zero-order valence-electron chi connectivity index (χ0n) is 15.4. The molecular weight excluding hydrogens is 310 g/mol. The van der Waals surface area contributed by atoms with Gasteiger partial charge in [0, 0.05) is 18.5 Å². The monoisotopic (exact) mass is 337 g/mol. The highest BCUT2D eigenvalue weighted by Crippen LogP contribution is 2.50. The summed E-state index contributed by atoms with van der Waals surface area (Å²) in [6.45, 7) is 7.03. The second-order valence-electron chi connectivity index (χ2n) is 7.15. The third-order valence-electron chi connectivity index (χ3n) is 6.03. The number of rotatable bonds is 4. The van der Waals surface area contributed by atoms with E-state index in [0.717, 1.165) is 0 Å². The molecule has 3 unspecified atom stereocenters. The Labute approximate surface area is 150 Å². The Morgan fingerprint density at radius 1 is 1.04 bits per heavy atom. The van der Waals surface area contributed by atoms with E-state index in [0.29, 0.717) is 6.54 Å². The molecule has 0 aliphatic carbocycles. The summed E-state index contributed by atoms with van der Waals surface area (Å²) in [6, 6.07) is 21.2. The van der Waals surface area contributed by atoms with Crippen LogP contribution in [0.5, 0.6) is 0 Å². The third kappa shape index (κ3) is 2.75. The maximum absolute atomic E-state index is 12.0. The van der Waals surface area contributed by atoms with Crippen molar-refractivity contribution in [2.45, 2.75) is 37.8 Å². The van der Waals surface area contributed by atoms with Crippen LogP contribution in [0.25, 0.3) is 0 Å². The minimum atomic E-state index is -0.330. The van der Waals surface area contributed by atoms with Crippen LogP contribution in [0.4, 0.5) is 0 Å². The quantitative estimate of drug-likeness (QED) is 0.902. The lowest BCUT2D eigenvalue weighted by Gasteiger charge is -2.43. The van der Waals surface area contributed by atoms with Crippen molar-refractivity contribution in [1.29, 1.82) is 0 Å². The Balaban J connectivity index is 2.12. The van der Waals surface area contributed by atoms with E-state index in [1.165, 1.54) is 11.1 Å². The number of carbonyl (C=O) groups excluding carboxylic acids is 1. The summed E-state index contributed by atoms with van der Waals surface area (Å²) in [5.41, 5.74) is 5.61. The molecule has 0 radical (unpaired) electrons. The van der Waals surface area contributed by atoms with Gasteiger partial charge in [-0.1, -0.05) is 67.6 Å². The second kappa shape index (κ2) is 6.62. The Bertz CT molecular complexity index is 733. The van der Waals surface area contributed by atoms with E-state index in [-0.39, 0.29) is 22.9 Å². The van der Waals surface area contributed by atoms with E-state index in [9.17, 15) is 4.79 Å². The molecule has 4 nitrogen and oxygen atoms in total. The molecule has 0 bridgehead atoms. The Morgan fingerprint density at radius 2 is 1.56 bits per heavy atom. The minimum absolute atomic E-state index is 0.00655. The lowest BCUT2D eigenvalue weighted by atomic mass is 9.62. The standard InChI is InChI=1S/C21H27N3O/c1-16-20(2,17-11-7-5-8-12-17)21(3,18-13-9-6-10-14-18)23-24(16)15-19(25)22-4/h5-14,16,23H,15H2,1-4H3,(H,22,25). The van der Waals surface area contributed by atoms with Crippen molar-refractivity contribution in [3.05, 3.63) is 71.8 Å². The van der Waals surface area contributed by atoms with Gasteiger partial charge in [0.1, 0.15) is 0 Å². The molecular formula is C21H27N3O. The van der Waals surface area contributed by atoms with Crippen LogP contribution in [0.3, 0.4) is 0 Å².